The van der Waals surface area contributed by atoms with Gasteiger partial charge in [-0.25, -0.2) is 9.18 Å². The fourth-order valence-electron chi connectivity index (χ4n) is 2.62. The van der Waals surface area contributed by atoms with Gasteiger partial charge in [0.1, 0.15) is 5.82 Å². The Balaban J connectivity index is 1.63. The summed E-state index contributed by atoms with van der Waals surface area (Å²) in [5, 5.41) is 6.00. The largest absolute Gasteiger partial charge is 0.450 e. The van der Waals surface area contributed by atoms with Crippen LogP contribution in [0.3, 0.4) is 0 Å². The van der Waals surface area contributed by atoms with Crippen LogP contribution in [0.5, 0.6) is 0 Å². The van der Waals surface area contributed by atoms with E-state index in [1.165, 1.54) is 12.1 Å². The van der Waals surface area contributed by atoms with Gasteiger partial charge in [-0.05, 0) is 37.5 Å². The monoisotopic (exact) mass is 337 g/mol. The number of nitrogens with one attached hydrogen (secondary N) is 2. The minimum absolute atomic E-state index is 0.0771. The first-order valence-electron chi connectivity index (χ1n) is 8.24. The maximum atomic E-state index is 12.8. The number of hydrogen-bond donors (Lipinski definition) is 2. The summed E-state index contributed by atoms with van der Waals surface area (Å²) in [4.78, 5) is 25.2. The second kappa shape index (κ2) is 9.22. The van der Waals surface area contributed by atoms with Crippen molar-refractivity contribution < 1.29 is 18.7 Å². The highest BCUT2D eigenvalue weighted by atomic mass is 19.1. The summed E-state index contributed by atoms with van der Waals surface area (Å²) in [6, 6.07) is 6.25. The van der Waals surface area contributed by atoms with Crippen LogP contribution in [0.15, 0.2) is 24.3 Å². The molecule has 0 atom stereocenters. The average Bonchev–Trinajstić information content (AvgIpc) is 2.57. The molecule has 2 N–H and O–H groups in total. The van der Waals surface area contributed by atoms with Crippen LogP contribution in [0, 0.1) is 5.82 Å². The predicted octanol–water partition coefficient (Wildman–Crippen LogP) is 1.65. The molecule has 1 heterocycles. The molecule has 0 radical (unpaired) electrons. The van der Waals surface area contributed by atoms with Gasteiger partial charge in [-0.2, -0.15) is 0 Å². The summed E-state index contributed by atoms with van der Waals surface area (Å²) < 4.78 is 17.8. The number of halogens is 1. The van der Waals surface area contributed by atoms with Crippen molar-refractivity contribution in [3.8, 4) is 0 Å². The first kappa shape index (κ1) is 18.2. The lowest BCUT2D eigenvalue weighted by Gasteiger charge is -2.31. The molecule has 0 aliphatic carbocycles. The number of amides is 2. The van der Waals surface area contributed by atoms with Gasteiger partial charge in [0.15, 0.2) is 0 Å². The highest BCUT2D eigenvalue weighted by molar-refractivity contribution is 5.78. The zero-order valence-corrected chi connectivity index (χ0v) is 13.9. The van der Waals surface area contributed by atoms with E-state index in [1.807, 2.05) is 0 Å². The number of piperidine rings is 1. The van der Waals surface area contributed by atoms with Gasteiger partial charge in [0.25, 0.3) is 0 Å². The number of benzene rings is 1. The van der Waals surface area contributed by atoms with Crippen LogP contribution in [0.2, 0.25) is 0 Å². The first-order chi connectivity index (χ1) is 11.6. The minimum Gasteiger partial charge on any atom is -0.450 e. The summed E-state index contributed by atoms with van der Waals surface area (Å²) in [7, 11) is 0. The Morgan fingerprint density at radius 1 is 1.25 bits per heavy atom. The molecule has 1 fully saturated rings. The standard InChI is InChI=1S/C17H24FN3O3/c1-2-24-17(23)21-9-7-15(8-10-21)20-16(22)12-19-11-13-3-5-14(18)6-4-13/h3-6,15,19H,2,7-12H2,1H3,(H,20,22). The fourth-order valence-corrected chi connectivity index (χ4v) is 2.62. The Bertz CT molecular complexity index is 543. The van der Waals surface area contributed by atoms with E-state index < -0.39 is 0 Å². The van der Waals surface area contributed by atoms with E-state index >= 15 is 0 Å². The van der Waals surface area contributed by atoms with Gasteiger partial charge >= 0.3 is 6.09 Å². The molecular weight excluding hydrogens is 313 g/mol. The van der Waals surface area contributed by atoms with E-state index in [2.05, 4.69) is 10.6 Å². The zero-order chi connectivity index (χ0) is 17.4. The van der Waals surface area contributed by atoms with E-state index in [1.54, 1.807) is 24.0 Å². The summed E-state index contributed by atoms with van der Waals surface area (Å²) in [6.07, 6.45) is 1.16. The van der Waals surface area contributed by atoms with Gasteiger partial charge in [-0.15, -0.1) is 0 Å². The molecule has 1 aromatic carbocycles. The van der Waals surface area contributed by atoms with Gasteiger partial charge in [0.05, 0.1) is 13.2 Å². The number of ether oxygens (including phenoxy) is 1. The third-order valence-electron chi connectivity index (χ3n) is 3.91. The third kappa shape index (κ3) is 5.81. The predicted molar refractivity (Wildman–Crippen MR) is 87.9 cm³/mol. The van der Waals surface area contributed by atoms with Crippen molar-refractivity contribution in [3.05, 3.63) is 35.6 Å². The number of rotatable bonds is 6. The lowest BCUT2D eigenvalue weighted by Crippen LogP contribution is -2.48. The number of carbonyl (C=O) groups is 2. The lowest BCUT2D eigenvalue weighted by atomic mass is 10.1. The summed E-state index contributed by atoms with van der Waals surface area (Å²) in [5.74, 6) is -0.350. The Kier molecular flexibility index (Phi) is 6.99. The number of likely N-dealkylation sites (tertiary alicyclic amines) is 1. The number of carbonyl (C=O) groups excluding carboxylic acids is 2. The van der Waals surface area contributed by atoms with Crippen LogP contribution >= 0.6 is 0 Å². The maximum absolute atomic E-state index is 12.8. The number of hydrogen-bond acceptors (Lipinski definition) is 4. The molecule has 1 aliphatic rings. The fraction of sp³-hybridized carbons (Fsp3) is 0.529. The maximum Gasteiger partial charge on any atom is 0.409 e. The van der Waals surface area contributed by atoms with Crippen molar-refractivity contribution in [3.63, 3.8) is 0 Å². The van der Waals surface area contributed by atoms with Crippen LogP contribution in [-0.2, 0) is 16.1 Å². The van der Waals surface area contributed by atoms with Crippen molar-refractivity contribution >= 4 is 12.0 Å². The topological polar surface area (TPSA) is 70.7 Å². The van der Waals surface area contributed by atoms with E-state index in [0.29, 0.717) is 26.2 Å². The van der Waals surface area contributed by atoms with Crippen molar-refractivity contribution in [1.82, 2.24) is 15.5 Å². The summed E-state index contributed by atoms with van der Waals surface area (Å²) in [5.41, 5.74) is 0.923. The highest BCUT2D eigenvalue weighted by Crippen LogP contribution is 2.11. The van der Waals surface area contributed by atoms with Crippen LogP contribution in [-0.4, -0.2) is 49.2 Å². The van der Waals surface area contributed by atoms with Crippen molar-refractivity contribution in [2.75, 3.05) is 26.2 Å². The molecule has 1 saturated heterocycles. The van der Waals surface area contributed by atoms with Crippen molar-refractivity contribution in [1.29, 1.82) is 0 Å². The van der Waals surface area contributed by atoms with Crippen molar-refractivity contribution in [2.24, 2.45) is 0 Å². The highest BCUT2D eigenvalue weighted by Gasteiger charge is 2.24. The van der Waals surface area contributed by atoms with Gasteiger partial charge in [0, 0.05) is 25.7 Å². The van der Waals surface area contributed by atoms with E-state index in [4.69, 9.17) is 4.74 Å². The van der Waals surface area contributed by atoms with E-state index in [9.17, 15) is 14.0 Å². The molecule has 132 valence electrons. The average molecular weight is 337 g/mol. The number of nitrogens with zero attached hydrogens (tertiary/aromatic N) is 1. The van der Waals surface area contributed by atoms with E-state index in [0.717, 1.165) is 18.4 Å². The summed E-state index contributed by atoms with van der Waals surface area (Å²) in [6.45, 7) is 4.04. The Labute approximate surface area is 141 Å². The normalized spacial score (nSPS) is 15.2. The Morgan fingerprint density at radius 3 is 2.54 bits per heavy atom. The van der Waals surface area contributed by atoms with Gasteiger partial charge < -0.3 is 20.3 Å². The van der Waals surface area contributed by atoms with Gasteiger partial charge in [0.2, 0.25) is 5.91 Å². The van der Waals surface area contributed by atoms with Crippen LogP contribution in [0.25, 0.3) is 0 Å². The Morgan fingerprint density at radius 2 is 1.92 bits per heavy atom. The van der Waals surface area contributed by atoms with E-state index in [-0.39, 0.29) is 30.4 Å². The quantitative estimate of drug-likeness (QED) is 0.828. The second-order valence-electron chi connectivity index (χ2n) is 5.76. The first-order valence-corrected chi connectivity index (χ1v) is 8.24. The molecule has 0 unspecified atom stereocenters. The van der Waals surface area contributed by atoms with Gasteiger partial charge in [-0.3, -0.25) is 4.79 Å². The molecule has 0 saturated carbocycles. The SMILES string of the molecule is CCOC(=O)N1CCC(NC(=O)CNCc2ccc(F)cc2)CC1. The van der Waals surface area contributed by atoms with Crippen molar-refractivity contribution in [2.45, 2.75) is 32.4 Å². The zero-order valence-electron chi connectivity index (χ0n) is 13.9. The van der Waals surface area contributed by atoms with Gasteiger partial charge in [-0.1, -0.05) is 12.1 Å². The third-order valence-corrected chi connectivity index (χ3v) is 3.91. The molecule has 24 heavy (non-hydrogen) atoms. The molecular formula is C17H24FN3O3. The molecule has 7 heteroatoms. The van der Waals surface area contributed by atoms with Crippen LogP contribution in [0.4, 0.5) is 9.18 Å². The molecule has 0 bridgehead atoms. The van der Waals surface area contributed by atoms with Crippen LogP contribution in [0.1, 0.15) is 25.3 Å². The molecule has 6 nitrogen and oxygen atoms in total. The van der Waals surface area contributed by atoms with Crippen LogP contribution < -0.4 is 10.6 Å². The molecule has 2 rings (SSSR count). The molecule has 0 spiro atoms. The minimum atomic E-state index is -0.289. The molecule has 1 aliphatic heterocycles. The molecule has 1 aromatic rings. The lowest BCUT2D eigenvalue weighted by molar-refractivity contribution is -0.121. The summed E-state index contributed by atoms with van der Waals surface area (Å²) >= 11 is 0. The molecule has 0 aromatic heterocycles. The Hall–Kier alpha value is -2.15. The second-order valence-corrected chi connectivity index (χ2v) is 5.76. The molecule has 2 amide bonds. The smallest absolute Gasteiger partial charge is 0.409 e.